The highest BCUT2D eigenvalue weighted by Gasteiger charge is 2.38. The fourth-order valence-electron chi connectivity index (χ4n) is 2.59. The lowest BCUT2D eigenvalue weighted by Crippen LogP contribution is -2.33. The zero-order valence-electron chi connectivity index (χ0n) is 14.5. The number of nitrogens with one attached hydrogen (secondary N) is 1. The van der Waals surface area contributed by atoms with Crippen molar-refractivity contribution >= 4 is 62.7 Å². The van der Waals surface area contributed by atoms with E-state index in [1.165, 1.54) is 28.8 Å². The summed E-state index contributed by atoms with van der Waals surface area (Å²) in [7, 11) is 0. The lowest BCUT2D eigenvalue weighted by molar-refractivity contribution is -0.128. The molecule has 0 saturated carbocycles. The van der Waals surface area contributed by atoms with Crippen LogP contribution in [0, 0.1) is 9.39 Å². The maximum Gasteiger partial charge on any atom is 0.242 e. The molecule has 0 aromatic heterocycles. The number of amidine groups is 1. The summed E-state index contributed by atoms with van der Waals surface area (Å²) in [6.45, 7) is 2.28. The van der Waals surface area contributed by atoms with Gasteiger partial charge >= 0.3 is 0 Å². The molecule has 1 aliphatic rings. The summed E-state index contributed by atoms with van der Waals surface area (Å²) in [6, 6.07) is 13.3. The van der Waals surface area contributed by atoms with E-state index in [2.05, 4.69) is 32.9 Å². The largest absolute Gasteiger partial charge is 0.326 e. The van der Waals surface area contributed by atoms with Gasteiger partial charge in [0, 0.05) is 22.2 Å². The monoisotopic (exact) mass is 497 g/mol. The van der Waals surface area contributed by atoms with Crippen molar-refractivity contribution in [1.29, 1.82) is 0 Å². The van der Waals surface area contributed by atoms with Crippen molar-refractivity contribution in [2.75, 3.05) is 11.9 Å². The molecule has 0 spiro atoms. The van der Waals surface area contributed by atoms with E-state index in [0.717, 1.165) is 3.57 Å². The van der Waals surface area contributed by atoms with Crippen LogP contribution in [0.1, 0.15) is 13.3 Å². The zero-order chi connectivity index (χ0) is 19.4. The highest BCUT2D eigenvalue weighted by molar-refractivity contribution is 14.1. The van der Waals surface area contributed by atoms with Crippen LogP contribution >= 0.6 is 34.4 Å². The fourth-order valence-corrected chi connectivity index (χ4v) is 4.17. The van der Waals surface area contributed by atoms with Gasteiger partial charge in [-0.3, -0.25) is 14.5 Å². The minimum absolute atomic E-state index is 0.0498. The van der Waals surface area contributed by atoms with Gasteiger partial charge in [0.05, 0.1) is 5.69 Å². The lowest BCUT2D eigenvalue weighted by Gasteiger charge is -2.13. The van der Waals surface area contributed by atoms with Crippen molar-refractivity contribution in [3.8, 4) is 0 Å². The van der Waals surface area contributed by atoms with Gasteiger partial charge in [0.2, 0.25) is 11.8 Å². The average molecular weight is 497 g/mol. The number of amides is 2. The average Bonchev–Trinajstić information content (AvgIpc) is 2.91. The summed E-state index contributed by atoms with van der Waals surface area (Å²) < 4.78 is 14.4. The van der Waals surface area contributed by atoms with Crippen LogP contribution in [0.15, 0.2) is 53.5 Å². The number of anilines is 1. The first-order valence-electron chi connectivity index (χ1n) is 8.34. The Morgan fingerprint density at radius 1 is 1.30 bits per heavy atom. The van der Waals surface area contributed by atoms with Gasteiger partial charge in [0.1, 0.15) is 11.1 Å². The number of nitrogens with zero attached hydrogens (tertiary/aromatic N) is 2. The first-order valence-corrected chi connectivity index (χ1v) is 10.3. The van der Waals surface area contributed by atoms with Gasteiger partial charge < -0.3 is 5.32 Å². The molecule has 3 rings (SSSR count). The first-order chi connectivity index (χ1) is 13.0. The summed E-state index contributed by atoms with van der Waals surface area (Å²) in [5.41, 5.74) is 1.13. The minimum atomic E-state index is -0.541. The lowest BCUT2D eigenvalue weighted by atomic mass is 10.2. The summed E-state index contributed by atoms with van der Waals surface area (Å²) in [4.78, 5) is 30.8. The second-order valence-corrected chi connectivity index (χ2v) is 8.24. The molecule has 0 radical (unpaired) electrons. The van der Waals surface area contributed by atoms with Crippen LogP contribution in [-0.4, -0.2) is 33.7 Å². The third kappa shape index (κ3) is 5.07. The van der Waals surface area contributed by atoms with E-state index in [9.17, 15) is 14.0 Å². The molecular weight excluding hydrogens is 480 g/mol. The number of hydrogen-bond donors (Lipinski definition) is 1. The molecule has 5 nitrogen and oxygen atoms in total. The Balaban J connectivity index is 1.70. The van der Waals surface area contributed by atoms with Crippen LogP contribution in [0.25, 0.3) is 0 Å². The number of carbonyl (C=O) groups is 2. The normalized spacial score (nSPS) is 18.2. The summed E-state index contributed by atoms with van der Waals surface area (Å²) in [5.74, 6) is -0.775. The molecule has 8 heteroatoms. The predicted octanol–water partition coefficient (Wildman–Crippen LogP) is 4.41. The topological polar surface area (TPSA) is 61.8 Å². The Kier molecular flexibility index (Phi) is 6.48. The zero-order valence-corrected chi connectivity index (χ0v) is 17.5. The standard InChI is InChI=1S/C19H17FIN3O2S/c1-2-24-18(26)16(11-17(25)22-14-8-6-13(21)7-9-14)27-19(24)23-15-5-3-4-12(20)10-15/h3-10,16H,2,11H2,1H3,(H,22,25)/t16-/m1/s1. The van der Waals surface area contributed by atoms with Crippen LogP contribution < -0.4 is 5.32 Å². The molecule has 0 bridgehead atoms. The van der Waals surface area contributed by atoms with Crippen LogP contribution in [0.3, 0.4) is 0 Å². The Morgan fingerprint density at radius 3 is 2.70 bits per heavy atom. The highest BCUT2D eigenvalue weighted by atomic mass is 127. The SMILES string of the molecule is CCN1C(=O)[C@@H](CC(=O)Nc2ccc(I)cc2)SC1=Nc1cccc(F)c1. The number of rotatable bonds is 5. The molecule has 0 aliphatic carbocycles. The van der Waals surface area contributed by atoms with Gasteiger partial charge in [-0.2, -0.15) is 0 Å². The number of hydrogen-bond acceptors (Lipinski definition) is 4. The molecule has 1 atom stereocenters. The van der Waals surface area contributed by atoms with Gasteiger partial charge in [-0.15, -0.1) is 0 Å². The number of thioether (sulfide) groups is 1. The minimum Gasteiger partial charge on any atom is -0.326 e. The second kappa shape index (κ2) is 8.83. The van der Waals surface area contributed by atoms with Crippen molar-refractivity contribution < 1.29 is 14.0 Å². The maximum atomic E-state index is 13.4. The quantitative estimate of drug-likeness (QED) is 0.623. The number of aliphatic imine (C=N–C) groups is 1. The molecular formula is C19H17FIN3O2S. The maximum absolute atomic E-state index is 13.4. The molecule has 1 heterocycles. The molecule has 2 amide bonds. The van der Waals surface area contributed by atoms with Gasteiger partial charge in [0.15, 0.2) is 5.17 Å². The second-order valence-electron chi connectivity index (χ2n) is 5.82. The number of carbonyl (C=O) groups excluding carboxylic acids is 2. The van der Waals surface area contributed by atoms with Gasteiger partial charge in [-0.1, -0.05) is 17.8 Å². The van der Waals surface area contributed by atoms with Crippen molar-refractivity contribution in [3.05, 3.63) is 57.9 Å². The molecule has 1 N–H and O–H groups in total. The van der Waals surface area contributed by atoms with Crippen LogP contribution in [0.5, 0.6) is 0 Å². The molecule has 140 valence electrons. The predicted molar refractivity (Wildman–Crippen MR) is 115 cm³/mol. The van der Waals surface area contributed by atoms with Crippen molar-refractivity contribution in [2.45, 2.75) is 18.6 Å². The third-order valence-electron chi connectivity index (χ3n) is 3.87. The Hall–Kier alpha value is -1.94. The summed E-state index contributed by atoms with van der Waals surface area (Å²) in [6.07, 6.45) is 0.0498. The van der Waals surface area contributed by atoms with Gasteiger partial charge in [-0.05, 0) is 72.0 Å². The van der Waals surface area contributed by atoms with E-state index in [1.54, 1.807) is 12.1 Å². The molecule has 1 aliphatic heterocycles. The van der Waals surface area contributed by atoms with Crippen molar-refractivity contribution in [1.82, 2.24) is 4.90 Å². The van der Waals surface area contributed by atoms with Crippen molar-refractivity contribution in [3.63, 3.8) is 0 Å². The Labute approximate surface area is 174 Å². The fraction of sp³-hybridized carbons (Fsp3) is 0.211. The Morgan fingerprint density at radius 2 is 2.04 bits per heavy atom. The first kappa shape index (κ1) is 19.8. The molecule has 0 unspecified atom stereocenters. The molecule has 27 heavy (non-hydrogen) atoms. The highest BCUT2D eigenvalue weighted by Crippen LogP contribution is 2.31. The van der Waals surface area contributed by atoms with Gasteiger partial charge in [-0.25, -0.2) is 9.38 Å². The summed E-state index contributed by atoms with van der Waals surface area (Å²) in [5, 5.41) is 2.75. The van der Waals surface area contributed by atoms with E-state index >= 15 is 0 Å². The molecule has 2 aromatic carbocycles. The molecule has 1 saturated heterocycles. The Bertz CT molecular complexity index is 889. The molecule has 2 aromatic rings. The van der Waals surface area contributed by atoms with E-state index in [-0.39, 0.29) is 24.1 Å². The van der Waals surface area contributed by atoms with E-state index in [1.807, 2.05) is 31.2 Å². The van der Waals surface area contributed by atoms with Crippen LogP contribution in [0.4, 0.5) is 15.8 Å². The van der Waals surface area contributed by atoms with Crippen LogP contribution in [-0.2, 0) is 9.59 Å². The smallest absolute Gasteiger partial charge is 0.242 e. The van der Waals surface area contributed by atoms with Crippen molar-refractivity contribution in [2.24, 2.45) is 4.99 Å². The van der Waals surface area contributed by atoms with E-state index in [4.69, 9.17) is 0 Å². The van der Waals surface area contributed by atoms with E-state index < -0.39 is 5.25 Å². The number of halogens is 2. The molecule has 1 fully saturated rings. The third-order valence-corrected chi connectivity index (χ3v) is 5.76. The summed E-state index contributed by atoms with van der Waals surface area (Å²) >= 11 is 3.43. The van der Waals surface area contributed by atoms with Gasteiger partial charge in [0.25, 0.3) is 0 Å². The van der Waals surface area contributed by atoms with E-state index in [0.29, 0.717) is 23.1 Å². The van der Waals surface area contributed by atoms with Crippen LogP contribution in [0.2, 0.25) is 0 Å². The number of benzene rings is 2.